The van der Waals surface area contributed by atoms with Crippen LogP contribution in [0, 0.1) is 0 Å². The van der Waals surface area contributed by atoms with Gasteiger partial charge in [-0.25, -0.2) is 0 Å². The number of rotatable bonds is 2. The van der Waals surface area contributed by atoms with Crippen LogP contribution >= 0.6 is 39.0 Å². The first-order chi connectivity index (χ1) is 10.6. The lowest BCUT2D eigenvalue weighted by molar-refractivity contribution is 0.0998. The number of benzene rings is 2. The fourth-order valence-corrected chi connectivity index (χ4v) is 4.36. The molecule has 0 saturated carbocycles. The van der Waals surface area contributed by atoms with Crippen LogP contribution in [0.2, 0.25) is 0 Å². The highest BCUT2D eigenvalue weighted by molar-refractivity contribution is 9.10. The highest BCUT2D eigenvalue weighted by Crippen LogP contribution is 2.25. The van der Waals surface area contributed by atoms with Crippen LogP contribution in [0.3, 0.4) is 0 Å². The van der Waals surface area contributed by atoms with Crippen molar-refractivity contribution in [2.24, 2.45) is 12.0 Å². The van der Waals surface area contributed by atoms with Crippen molar-refractivity contribution in [1.82, 2.24) is 4.57 Å². The summed E-state index contributed by atoms with van der Waals surface area (Å²) < 4.78 is 4.04. The Morgan fingerprint density at radius 1 is 1.23 bits per heavy atom. The van der Waals surface area contributed by atoms with Crippen LogP contribution in [0.5, 0.6) is 0 Å². The lowest BCUT2D eigenvalue weighted by atomic mass is 10.2. The molecule has 0 N–H and O–H groups in total. The molecule has 0 saturated heterocycles. The highest BCUT2D eigenvalue weighted by Gasteiger charge is 2.09. The maximum Gasteiger partial charge on any atom is 0.279 e. The molecule has 0 radical (unpaired) electrons. The number of hydrogen-bond acceptors (Lipinski definition) is 3. The molecular weight excluding hydrogens is 380 g/mol. The first-order valence-corrected chi connectivity index (χ1v) is 9.40. The molecular formula is C16H13BrN2OS2. The zero-order valence-corrected chi connectivity index (χ0v) is 15.3. The zero-order valence-electron chi connectivity index (χ0n) is 12.0. The molecule has 1 amide bonds. The molecule has 112 valence electrons. The van der Waals surface area contributed by atoms with E-state index in [0.29, 0.717) is 10.4 Å². The third-order valence-electron chi connectivity index (χ3n) is 3.31. The van der Waals surface area contributed by atoms with Gasteiger partial charge in [-0.05, 0) is 58.6 Å². The molecule has 3 rings (SSSR count). The van der Waals surface area contributed by atoms with Gasteiger partial charge in [-0.3, -0.25) is 4.79 Å². The van der Waals surface area contributed by atoms with Crippen LogP contribution in [0.15, 0.2) is 56.8 Å². The van der Waals surface area contributed by atoms with E-state index in [1.807, 2.05) is 60.3 Å². The SMILES string of the molecule is CSc1ccc(C(=O)N=c2sc3cccc(Br)c3n2C)cc1. The van der Waals surface area contributed by atoms with Crippen LogP contribution in [0.4, 0.5) is 0 Å². The Kier molecular flexibility index (Phi) is 4.52. The fourth-order valence-electron chi connectivity index (χ4n) is 2.15. The van der Waals surface area contributed by atoms with Gasteiger partial charge in [0, 0.05) is 22.0 Å². The number of carbonyl (C=O) groups is 1. The van der Waals surface area contributed by atoms with Gasteiger partial charge in [-0.2, -0.15) is 4.99 Å². The molecule has 0 bridgehead atoms. The van der Waals surface area contributed by atoms with Gasteiger partial charge in [0.1, 0.15) is 0 Å². The molecule has 1 heterocycles. The van der Waals surface area contributed by atoms with Crippen molar-refractivity contribution >= 4 is 55.2 Å². The first-order valence-electron chi connectivity index (χ1n) is 6.57. The third-order valence-corrected chi connectivity index (χ3v) is 5.79. The quantitative estimate of drug-likeness (QED) is 0.603. The van der Waals surface area contributed by atoms with E-state index in [1.54, 1.807) is 11.8 Å². The Morgan fingerprint density at radius 3 is 2.59 bits per heavy atom. The van der Waals surface area contributed by atoms with Gasteiger partial charge in [0.2, 0.25) is 0 Å². The Morgan fingerprint density at radius 2 is 1.95 bits per heavy atom. The average Bonchev–Trinajstić information content (AvgIpc) is 2.85. The number of aromatic nitrogens is 1. The number of amides is 1. The van der Waals surface area contributed by atoms with E-state index in [-0.39, 0.29) is 5.91 Å². The van der Waals surface area contributed by atoms with Crippen molar-refractivity contribution in [2.75, 3.05) is 6.26 Å². The largest absolute Gasteiger partial charge is 0.318 e. The Bertz CT molecular complexity index is 910. The minimum absolute atomic E-state index is 0.217. The van der Waals surface area contributed by atoms with Crippen molar-refractivity contribution < 1.29 is 4.79 Å². The van der Waals surface area contributed by atoms with Gasteiger partial charge in [0.15, 0.2) is 4.80 Å². The number of thiazole rings is 1. The number of carbonyl (C=O) groups excluding carboxylic acids is 1. The van der Waals surface area contributed by atoms with E-state index in [2.05, 4.69) is 20.9 Å². The summed E-state index contributed by atoms with van der Waals surface area (Å²) in [5.74, 6) is -0.217. The van der Waals surface area contributed by atoms with Gasteiger partial charge in [0.05, 0.1) is 10.2 Å². The van der Waals surface area contributed by atoms with E-state index >= 15 is 0 Å². The van der Waals surface area contributed by atoms with Crippen LogP contribution in [-0.4, -0.2) is 16.7 Å². The lowest BCUT2D eigenvalue weighted by Crippen LogP contribution is -2.13. The smallest absolute Gasteiger partial charge is 0.279 e. The summed E-state index contributed by atoms with van der Waals surface area (Å²) in [5, 5.41) is 0. The van der Waals surface area contributed by atoms with E-state index in [1.165, 1.54) is 11.3 Å². The maximum atomic E-state index is 12.3. The molecule has 22 heavy (non-hydrogen) atoms. The molecule has 0 aliphatic carbocycles. The second kappa shape index (κ2) is 6.40. The normalized spacial score (nSPS) is 12.0. The van der Waals surface area contributed by atoms with Crippen molar-refractivity contribution in [2.45, 2.75) is 4.90 Å². The predicted molar refractivity (Wildman–Crippen MR) is 96.6 cm³/mol. The van der Waals surface area contributed by atoms with E-state index in [4.69, 9.17) is 0 Å². The molecule has 0 aliphatic heterocycles. The second-order valence-electron chi connectivity index (χ2n) is 4.68. The number of halogens is 1. The standard InChI is InChI=1S/C16H13BrN2OS2/c1-19-14-12(17)4-3-5-13(14)22-16(19)18-15(20)10-6-8-11(21-2)9-7-10/h3-9H,1-2H3. The van der Waals surface area contributed by atoms with Gasteiger partial charge in [-0.15, -0.1) is 11.8 Å². The molecule has 3 aromatic rings. The molecule has 0 unspecified atom stereocenters. The minimum atomic E-state index is -0.217. The number of para-hydroxylation sites is 1. The first kappa shape index (κ1) is 15.5. The molecule has 6 heteroatoms. The van der Waals surface area contributed by atoms with Crippen molar-refractivity contribution in [3.8, 4) is 0 Å². The molecule has 1 aromatic heterocycles. The van der Waals surface area contributed by atoms with Crippen LogP contribution in [-0.2, 0) is 7.05 Å². The predicted octanol–water partition coefficient (Wildman–Crippen LogP) is 4.47. The van der Waals surface area contributed by atoms with Gasteiger partial charge in [0.25, 0.3) is 5.91 Å². The molecule has 0 fully saturated rings. The summed E-state index contributed by atoms with van der Waals surface area (Å²) in [7, 11) is 1.92. The molecule has 0 atom stereocenters. The molecule has 0 spiro atoms. The Labute approximate surface area is 144 Å². The average molecular weight is 393 g/mol. The van der Waals surface area contributed by atoms with E-state index in [9.17, 15) is 4.79 Å². The topological polar surface area (TPSA) is 34.4 Å². The van der Waals surface area contributed by atoms with Crippen molar-refractivity contribution in [3.05, 3.63) is 57.3 Å². The summed E-state index contributed by atoms with van der Waals surface area (Å²) >= 11 is 6.71. The van der Waals surface area contributed by atoms with Crippen molar-refractivity contribution in [3.63, 3.8) is 0 Å². The minimum Gasteiger partial charge on any atom is -0.318 e. The highest BCUT2D eigenvalue weighted by atomic mass is 79.9. The van der Waals surface area contributed by atoms with Gasteiger partial charge >= 0.3 is 0 Å². The fraction of sp³-hybridized carbons (Fsp3) is 0.125. The number of aryl methyl sites for hydroxylation is 1. The van der Waals surface area contributed by atoms with Crippen LogP contribution in [0.25, 0.3) is 10.2 Å². The maximum absolute atomic E-state index is 12.3. The summed E-state index contributed by atoms with van der Waals surface area (Å²) in [6.45, 7) is 0. The number of hydrogen-bond donors (Lipinski definition) is 0. The molecule has 2 aromatic carbocycles. The Balaban J connectivity index is 2.06. The molecule has 0 aliphatic rings. The van der Waals surface area contributed by atoms with Crippen molar-refractivity contribution in [1.29, 1.82) is 0 Å². The van der Waals surface area contributed by atoms with E-state index in [0.717, 1.165) is 19.6 Å². The zero-order chi connectivity index (χ0) is 15.7. The van der Waals surface area contributed by atoms with Gasteiger partial charge in [-0.1, -0.05) is 17.4 Å². The van der Waals surface area contributed by atoms with Gasteiger partial charge < -0.3 is 4.57 Å². The van der Waals surface area contributed by atoms with Crippen LogP contribution in [0.1, 0.15) is 10.4 Å². The summed E-state index contributed by atoms with van der Waals surface area (Å²) in [6, 6.07) is 13.5. The monoisotopic (exact) mass is 392 g/mol. The van der Waals surface area contributed by atoms with E-state index < -0.39 is 0 Å². The number of nitrogens with zero attached hydrogens (tertiary/aromatic N) is 2. The Hall–Kier alpha value is -1.37. The lowest BCUT2D eigenvalue weighted by Gasteiger charge is -1.99. The number of thioether (sulfide) groups is 1. The number of fused-ring (bicyclic) bond motifs is 1. The molecule has 3 nitrogen and oxygen atoms in total. The summed E-state index contributed by atoms with van der Waals surface area (Å²) in [6.07, 6.45) is 2.01. The summed E-state index contributed by atoms with van der Waals surface area (Å²) in [4.78, 5) is 18.4. The second-order valence-corrected chi connectivity index (χ2v) is 7.42. The summed E-state index contributed by atoms with van der Waals surface area (Å²) in [5.41, 5.74) is 1.66. The van der Waals surface area contributed by atoms with Crippen LogP contribution < -0.4 is 4.80 Å². The third kappa shape index (κ3) is 2.91.